The van der Waals surface area contributed by atoms with Gasteiger partial charge in [0, 0.05) is 17.1 Å². The van der Waals surface area contributed by atoms with Crippen LogP contribution in [0.2, 0.25) is 5.02 Å². The number of hydrogen-bond donors (Lipinski definition) is 2. The van der Waals surface area contributed by atoms with Gasteiger partial charge in [-0.15, -0.1) is 13.2 Å². The normalized spacial score (nSPS) is 17.4. The highest BCUT2D eigenvalue weighted by molar-refractivity contribution is 8.15. The molecule has 7 nitrogen and oxygen atoms in total. The number of thioether (sulfide) groups is 1. The summed E-state index contributed by atoms with van der Waals surface area (Å²) in [6, 6.07) is 9.52. The maximum absolute atomic E-state index is 12.2. The third kappa shape index (κ3) is 6.53. The number of benzene rings is 2. The Kier molecular flexibility index (Phi) is 6.96. The van der Waals surface area contributed by atoms with E-state index < -0.39 is 29.2 Å². The van der Waals surface area contributed by atoms with Crippen LogP contribution >= 0.6 is 23.4 Å². The molecule has 0 aromatic heterocycles. The van der Waals surface area contributed by atoms with Gasteiger partial charge in [-0.25, -0.2) is 4.99 Å². The summed E-state index contributed by atoms with van der Waals surface area (Å²) in [7, 11) is 1.47. The number of carbonyl (C=O) groups excluding carboxylic acids is 2. The molecule has 0 aliphatic carbocycles. The highest BCUT2D eigenvalue weighted by atomic mass is 35.5. The molecule has 1 fully saturated rings. The van der Waals surface area contributed by atoms with Gasteiger partial charge < -0.3 is 20.1 Å². The second-order valence-electron chi connectivity index (χ2n) is 6.15. The minimum Gasteiger partial charge on any atom is -0.494 e. The summed E-state index contributed by atoms with van der Waals surface area (Å²) in [6.07, 6.45) is -4.96. The molecule has 2 aromatic rings. The van der Waals surface area contributed by atoms with Crippen molar-refractivity contribution in [1.29, 1.82) is 0 Å². The Bertz CT molecular complexity index is 1020. The quantitative estimate of drug-likeness (QED) is 0.645. The monoisotopic (exact) mass is 473 g/mol. The Morgan fingerprint density at radius 3 is 2.61 bits per heavy atom. The molecule has 31 heavy (non-hydrogen) atoms. The van der Waals surface area contributed by atoms with Crippen LogP contribution in [-0.4, -0.2) is 35.7 Å². The van der Waals surface area contributed by atoms with Crippen LogP contribution in [0.5, 0.6) is 11.5 Å². The molecule has 1 aliphatic rings. The number of nitrogens with zero attached hydrogens (tertiary/aromatic N) is 1. The fraction of sp³-hybridized carbons (Fsp3) is 0.211. The lowest BCUT2D eigenvalue weighted by Crippen LogP contribution is -2.28. The van der Waals surface area contributed by atoms with Gasteiger partial charge >= 0.3 is 6.36 Å². The van der Waals surface area contributed by atoms with Crippen molar-refractivity contribution in [2.75, 3.05) is 12.4 Å². The smallest absolute Gasteiger partial charge is 0.494 e. The number of alkyl halides is 3. The molecule has 1 heterocycles. The average molecular weight is 474 g/mol. The molecule has 0 radical (unpaired) electrons. The highest BCUT2D eigenvalue weighted by Gasteiger charge is 2.33. The zero-order chi connectivity index (χ0) is 22.6. The molecule has 164 valence electrons. The first-order valence-electron chi connectivity index (χ1n) is 8.68. The summed E-state index contributed by atoms with van der Waals surface area (Å²) < 4.78 is 45.6. The molecule has 2 N–H and O–H groups in total. The van der Waals surface area contributed by atoms with Gasteiger partial charge in [-0.3, -0.25) is 9.59 Å². The Morgan fingerprint density at radius 1 is 1.26 bits per heavy atom. The predicted molar refractivity (Wildman–Crippen MR) is 111 cm³/mol. The lowest BCUT2D eigenvalue weighted by Gasteiger charge is -2.10. The van der Waals surface area contributed by atoms with Crippen molar-refractivity contribution >= 4 is 51.7 Å². The van der Waals surface area contributed by atoms with Gasteiger partial charge in [0.25, 0.3) is 0 Å². The van der Waals surface area contributed by atoms with Gasteiger partial charge in [0.15, 0.2) is 5.17 Å². The number of nitrogens with one attached hydrogen (secondary N) is 2. The Hall–Kier alpha value is -2.92. The summed E-state index contributed by atoms with van der Waals surface area (Å²) in [5, 5.41) is 5.12. The van der Waals surface area contributed by atoms with Crippen LogP contribution in [-0.2, 0) is 9.59 Å². The minimum absolute atomic E-state index is 0.164. The summed E-state index contributed by atoms with van der Waals surface area (Å²) in [6.45, 7) is 0. The molecule has 0 spiro atoms. The van der Waals surface area contributed by atoms with E-state index in [9.17, 15) is 22.8 Å². The van der Waals surface area contributed by atoms with Gasteiger partial charge in [0.1, 0.15) is 22.4 Å². The summed E-state index contributed by atoms with van der Waals surface area (Å²) in [5.74, 6) is -0.827. The SMILES string of the molecule is COc1ccc(Cl)cc1N=C1NC(=O)[C@H](CC(=O)Nc2ccc(OC(F)(F)F)cc2)S1. The molecule has 0 saturated carbocycles. The Morgan fingerprint density at radius 2 is 1.97 bits per heavy atom. The number of hydrogen-bond acceptors (Lipinski definition) is 6. The van der Waals surface area contributed by atoms with E-state index in [-0.39, 0.29) is 17.3 Å². The fourth-order valence-electron chi connectivity index (χ4n) is 2.57. The Labute approximate surface area is 184 Å². The zero-order valence-electron chi connectivity index (χ0n) is 15.8. The first-order valence-corrected chi connectivity index (χ1v) is 9.94. The molecule has 0 bridgehead atoms. The topological polar surface area (TPSA) is 89.0 Å². The standard InChI is InChI=1S/C19H15ClF3N3O4S/c1-29-14-7-2-10(20)8-13(14)25-18-26-17(28)15(31-18)9-16(27)24-11-3-5-12(6-4-11)30-19(21,22)23/h2-8,15H,9H2,1H3,(H,24,27)(H,25,26,28)/t15-/m0/s1. The molecular weight excluding hydrogens is 459 g/mol. The average Bonchev–Trinajstić information content (AvgIpc) is 3.01. The van der Waals surface area contributed by atoms with Gasteiger partial charge in [-0.05, 0) is 42.5 Å². The highest BCUT2D eigenvalue weighted by Crippen LogP contribution is 2.33. The number of ether oxygens (including phenoxy) is 2. The van der Waals surface area contributed by atoms with Gasteiger partial charge in [-0.1, -0.05) is 23.4 Å². The first-order chi connectivity index (χ1) is 14.6. The number of anilines is 1. The van der Waals surface area contributed by atoms with Crippen LogP contribution in [0.25, 0.3) is 0 Å². The fourth-order valence-corrected chi connectivity index (χ4v) is 3.72. The van der Waals surface area contributed by atoms with Gasteiger partial charge in [0.2, 0.25) is 11.8 Å². The van der Waals surface area contributed by atoms with E-state index in [1.807, 2.05) is 0 Å². The summed E-state index contributed by atoms with van der Waals surface area (Å²) >= 11 is 7.04. The number of rotatable bonds is 6. The molecule has 12 heteroatoms. The molecule has 3 rings (SSSR count). The summed E-state index contributed by atoms with van der Waals surface area (Å²) in [4.78, 5) is 28.8. The molecular formula is C19H15ClF3N3O4S. The Balaban J connectivity index is 1.60. The van der Waals surface area contributed by atoms with E-state index in [2.05, 4.69) is 20.4 Å². The number of halogens is 4. The van der Waals surface area contributed by atoms with E-state index >= 15 is 0 Å². The zero-order valence-corrected chi connectivity index (χ0v) is 17.4. The molecule has 1 atom stereocenters. The minimum atomic E-state index is -4.80. The van der Waals surface area contributed by atoms with Crippen LogP contribution in [0, 0.1) is 0 Å². The predicted octanol–water partition coefficient (Wildman–Crippen LogP) is 4.50. The first kappa shape index (κ1) is 22.8. The van der Waals surface area contributed by atoms with Crippen molar-refractivity contribution in [2.45, 2.75) is 18.0 Å². The van der Waals surface area contributed by atoms with Crippen molar-refractivity contribution in [1.82, 2.24) is 5.32 Å². The van der Waals surface area contributed by atoms with Crippen molar-refractivity contribution in [3.8, 4) is 11.5 Å². The van der Waals surface area contributed by atoms with Crippen molar-refractivity contribution in [3.05, 3.63) is 47.5 Å². The van der Waals surface area contributed by atoms with Crippen LogP contribution in [0.15, 0.2) is 47.5 Å². The second-order valence-corrected chi connectivity index (χ2v) is 7.78. The maximum atomic E-state index is 12.2. The lowest BCUT2D eigenvalue weighted by molar-refractivity contribution is -0.274. The molecule has 1 saturated heterocycles. The van der Waals surface area contributed by atoms with E-state index in [4.69, 9.17) is 16.3 Å². The van der Waals surface area contributed by atoms with Crippen LogP contribution in [0.4, 0.5) is 24.5 Å². The number of methoxy groups -OCH3 is 1. The number of aliphatic imine (C=N–C) groups is 1. The summed E-state index contributed by atoms with van der Waals surface area (Å²) in [5.41, 5.74) is 0.685. The maximum Gasteiger partial charge on any atom is 0.573 e. The van der Waals surface area contributed by atoms with Crippen molar-refractivity contribution < 1.29 is 32.2 Å². The van der Waals surface area contributed by atoms with Gasteiger partial charge in [0.05, 0.1) is 7.11 Å². The van der Waals surface area contributed by atoms with Crippen LogP contribution in [0.3, 0.4) is 0 Å². The molecule has 1 aliphatic heterocycles. The van der Waals surface area contributed by atoms with Crippen molar-refractivity contribution in [3.63, 3.8) is 0 Å². The van der Waals surface area contributed by atoms with E-state index in [1.54, 1.807) is 18.2 Å². The largest absolute Gasteiger partial charge is 0.573 e. The number of carbonyl (C=O) groups is 2. The molecule has 2 amide bonds. The van der Waals surface area contributed by atoms with E-state index in [0.29, 0.717) is 16.5 Å². The van der Waals surface area contributed by atoms with Crippen LogP contribution < -0.4 is 20.1 Å². The molecule has 2 aromatic carbocycles. The molecule has 0 unspecified atom stereocenters. The van der Waals surface area contributed by atoms with Gasteiger partial charge in [-0.2, -0.15) is 0 Å². The lowest BCUT2D eigenvalue weighted by atomic mass is 10.2. The number of amides is 2. The second kappa shape index (κ2) is 9.48. The van der Waals surface area contributed by atoms with Crippen molar-refractivity contribution in [2.24, 2.45) is 4.99 Å². The third-order valence-corrected chi connectivity index (χ3v) is 5.20. The number of amidine groups is 1. The van der Waals surface area contributed by atoms with Crippen LogP contribution in [0.1, 0.15) is 6.42 Å². The van der Waals surface area contributed by atoms with E-state index in [1.165, 1.54) is 19.2 Å². The van der Waals surface area contributed by atoms with E-state index in [0.717, 1.165) is 23.9 Å². The third-order valence-electron chi connectivity index (χ3n) is 3.88.